The van der Waals surface area contributed by atoms with E-state index in [0.717, 1.165) is 25.9 Å². The fraction of sp³-hybridized carbons (Fsp3) is 0.960. The van der Waals surface area contributed by atoms with Crippen LogP contribution in [0.25, 0.3) is 0 Å². The molecule has 2 unspecified atom stereocenters. The largest absolute Gasteiger partial charge is 0.459 e. The van der Waals surface area contributed by atoms with Crippen LogP contribution in [-0.2, 0) is 14.3 Å². The Labute approximate surface area is 181 Å². The highest BCUT2D eigenvalue weighted by Gasteiger charge is 2.65. The molecule has 0 amide bonds. The van der Waals surface area contributed by atoms with Crippen LogP contribution in [-0.4, -0.2) is 46.7 Å². The van der Waals surface area contributed by atoms with Crippen LogP contribution in [0.1, 0.15) is 86.0 Å². The Morgan fingerprint density at radius 1 is 1.23 bits per heavy atom. The Balaban J connectivity index is 1.42. The lowest BCUT2D eigenvalue weighted by Crippen LogP contribution is -2.61. The molecule has 2 heterocycles. The van der Waals surface area contributed by atoms with E-state index in [1.165, 1.54) is 19.3 Å². The number of cyclic esters (lactones) is 1. The van der Waals surface area contributed by atoms with E-state index < -0.39 is 11.7 Å². The highest BCUT2D eigenvalue weighted by atomic mass is 16.6. The van der Waals surface area contributed by atoms with Gasteiger partial charge in [0.2, 0.25) is 0 Å². The molecule has 0 aromatic carbocycles. The Hall–Kier alpha value is -0.650. The molecule has 2 N–H and O–H groups in total. The quantitative estimate of drug-likeness (QED) is 0.631. The van der Waals surface area contributed by atoms with Gasteiger partial charge in [-0.1, -0.05) is 40.5 Å². The van der Waals surface area contributed by atoms with Crippen molar-refractivity contribution in [2.75, 3.05) is 6.61 Å². The first-order valence-corrected chi connectivity index (χ1v) is 12.2. The van der Waals surface area contributed by atoms with E-state index in [0.29, 0.717) is 24.7 Å². The lowest BCUT2D eigenvalue weighted by molar-refractivity contribution is -0.182. The highest BCUT2D eigenvalue weighted by Crippen LogP contribution is 2.66. The van der Waals surface area contributed by atoms with Gasteiger partial charge in [-0.15, -0.1) is 0 Å². The SMILES string of the molecule is CC(CC[C@@H]1[C@@]2(C)CCC[C@@]3(C)CO[C@@H](C[C@@]1(C)O)[C@@H]32)C[C@H](O)[C@H]1OC(=O)CC1C. The summed E-state index contributed by atoms with van der Waals surface area (Å²) in [5.74, 6) is 0.980. The number of ether oxygens (including phenoxy) is 2. The van der Waals surface area contributed by atoms with Gasteiger partial charge in [0.15, 0.2) is 0 Å². The summed E-state index contributed by atoms with van der Waals surface area (Å²) in [6.45, 7) is 11.8. The standard InChI is InChI=1S/C25H42O5/c1-15(11-17(26)21-16(2)12-20(27)30-21)7-8-19-24(4)10-6-9-23(3)14-29-18(22(23)24)13-25(19,5)28/h15-19,21-22,26,28H,6-14H2,1-5H3/t15?,16?,17-,18-,19+,21-,22-,23-,24+,25+/m0/s1. The van der Waals surface area contributed by atoms with Crippen LogP contribution in [0.15, 0.2) is 0 Å². The van der Waals surface area contributed by atoms with E-state index in [4.69, 9.17) is 9.47 Å². The zero-order valence-corrected chi connectivity index (χ0v) is 19.5. The summed E-state index contributed by atoms with van der Waals surface area (Å²) >= 11 is 0. The summed E-state index contributed by atoms with van der Waals surface area (Å²) in [7, 11) is 0. The molecule has 0 spiro atoms. The zero-order chi connectivity index (χ0) is 21.9. The van der Waals surface area contributed by atoms with Crippen LogP contribution in [0, 0.1) is 34.5 Å². The maximum absolute atomic E-state index is 11.5. The molecule has 10 atom stereocenters. The molecule has 4 aliphatic rings. The van der Waals surface area contributed by atoms with E-state index >= 15 is 0 Å². The third kappa shape index (κ3) is 3.73. The van der Waals surface area contributed by atoms with Crippen LogP contribution in [0.3, 0.4) is 0 Å². The first kappa shape index (κ1) is 22.5. The molecule has 4 fully saturated rings. The molecule has 172 valence electrons. The van der Waals surface area contributed by atoms with Gasteiger partial charge >= 0.3 is 5.97 Å². The molecule has 0 bridgehead atoms. The summed E-state index contributed by atoms with van der Waals surface area (Å²) in [4.78, 5) is 11.5. The first-order valence-electron chi connectivity index (χ1n) is 12.2. The second-order valence-corrected chi connectivity index (χ2v) is 12.1. The van der Waals surface area contributed by atoms with Crippen molar-refractivity contribution in [2.24, 2.45) is 34.5 Å². The van der Waals surface area contributed by atoms with E-state index in [9.17, 15) is 15.0 Å². The van der Waals surface area contributed by atoms with Crippen molar-refractivity contribution in [3.63, 3.8) is 0 Å². The van der Waals surface area contributed by atoms with Crippen molar-refractivity contribution in [1.82, 2.24) is 0 Å². The molecule has 5 nitrogen and oxygen atoms in total. The van der Waals surface area contributed by atoms with Gasteiger partial charge in [0.05, 0.1) is 30.8 Å². The Kier molecular flexibility index (Phi) is 5.81. The Morgan fingerprint density at radius 2 is 1.97 bits per heavy atom. The van der Waals surface area contributed by atoms with Gasteiger partial charge in [0.1, 0.15) is 6.10 Å². The fourth-order valence-corrected chi connectivity index (χ4v) is 8.15. The molecule has 4 rings (SSSR count). The molecular formula is C25H42O5. The van der Waals surface area contributed by atoms with Gasteiger partial charge in [0.25, 0.3) is 0 Å². The first-order chi connectivity index (χ1) is 14.0. The predicted octanol–water partition coefficient (Wildman–Crippen LogP) is 4.09. The predicted molar refractivity (Wildman–Crippen MR) is 115 cm³/mol. The molecule has 2 saturated heterocycles. The average molecular weight is 423 g/mol. The monoisotopic (exact) mass is 422 g/mol. The van der Waals surface area contributed by atoms with Crippen LogP contribution in [0.5, 0.6) is 0 Å². The van der Waals surface area contributed by atoms with Gasteiger partial charge in [-0.25, -0.2) is 0 Å². The molecule has 30 heavy (non-hydrogen) atoms. The van der Waals surface area contributed by atoms with Crippen LogP contribution in [0.2, 0.25) is 0 Å². The topological polar surface area (TPSA) is 76.0 Å². The number of hydrogen-bond donors (Lipinski definition) is 2. The maximum Gasteiger partial charge on any atom is 0.306 e. The van der Waals surface area contributed by atoms with Crippen molar-refractivity contribution >= 4 is 5.97 Å². The van der Waals surface area contributed by atoms with Crippen LogP contribution in [0.4, 0.5) is 0 Å². The van der Waals surface area contributed by atoms with Gasteiger partial charge < -0.3 is 19.7 Å². The van der Waals surface area contributed by atoms with Crippen molar-refractivity contribution in [1.29, 1.82) is 0 Å². The summed E-state index contributed by atoms with van der Waals surface area (Å²) < 4.78 is 11.6. The fourth-order valence-electron chi connectivity index (χ4n) is 8.15. The third-order valence-corrected chi connectivity index (χ3v) is 9.37. The third-order valence-electron chi connectivity index (χ3n) is 9.37. The second kappa shape index (κ2) is 7.74. The second-order valence-electron chi connectivity index (χ2n) is 12.1. The minimum atomic E-state index is -0.716. The van der Waals surface area contributed by atoms with E-state index in [2.05, 4.69) is 20.8 Å². The van der Waals surface area contributed by atoms with Crippen LogP contribution >= 0.6 is 0 Å². The van der Waals surface area contributed by atoms with Crippen molar-refractivity contribution in [3.05, 3.63) is 0 Å². The van der Waals surface area contributed by atoms with Crippen molar-refractivity contribution in [2.45, 2.75) is 110 Å². The molecule has 0 aromatic rings. The molecule has 0 aromatic heterocycles. The van der Waals surface area contributed by atoms with E-state index in [-0.39, 0.29) is 40.8 Å². The number of carbonyl (C=O) groups excluding carboxylic acids is 1. The number of aliphatic hydroxyl groups is 2. The Bertz CT molecular complexity index is 662. The molecule has 0 radical (unpaired) electrons. The Morgan fingerprint density at radius 3 is 2.63 bits per heavy atom. The molecule has 5 heteroatoms. The summed E-state index contributed by atoms with van der Waals surface area (Å²) in [6, 6.07) is 0. The van der Waals surface area contributed by atoms with Crippen molar-refractivity contribution in [3.8, 4) is 0 Å². The molecule has 2 aliphatic carbocycles. The minimum absolute atomic E-state index is 0.0805. The number of rotatable bonds is 6. The lowest BCUT2D eigenvalue weighted by Gasteiger charge is -2.60. The number of aliphatic hydroxyl groups excluding tert-OH is 1. The summed E-state index contributed by atoms with van der Waals surface area (Å²) in [5.41, 5.74) is -0.368. The number of esters is 1. The number of carbonyl (C=O) groups is 1. The van der Waals surface area contributed by atoms with E-state index in [1.54, 1.807) is 0 Å². The molecule has 2 aliphatic heterocycles. The highest BCUT2D eigenvalue weighted by molar-refractivity contribution is 5.72. The normalized spacial score (nSPS) is 50.1. The minimum Gasteiger partial charge on any atom is -0.459 e. The van der Waals surface area contributed by atoms with Gasteiger partial charge in [-0.2, -0.15) is 0 Å². The number of hydrogen-bond acceptors (Lipinski definition) is 5. The average Bonchev–Trinajstić information content (AvgIpc) is 3.13. The molecular weight excluding hydrogens is 380 g/mol. The maximum atomic E-state index is 11.5. The summed E-state index contributed by atoms with van der Waals surface area (Å²) in [5, 5.41) is 22.1. The van der Waals surface area contributed by atoms with E-state index in [1.807, 2.05) is 13.8 Å². The summed E-state index contributed by atoms with van der Waals surface area (Å²) in [6.07, 6.45) is 6.55. The van der Waals surface area contributed by atoms with Crippen LogP contribution < -0.4 is 0 Å². The van der Waals surface area contributed by atoms with Crippen molar-refractivity contribution < 1.29 is 24.5 Å². The van der Waals surface area contributed by atoms with Gasteiger partial charge in [-0.05, 0) is 61.2 Å². The smallest absolute Gasteiger partial charge is 0.306 e. The lowest BCUT2D eigenvalue weighted by atomic mass is 9.45. The molecule has 2 saturated carbocycles. The zero-order valence-electron chi connectivity index (χ0n) is 19.5. The van der Waals surface area contributed by atoms with Gasteiger partial charge in [0, 0.05) is 12.3 Å². The van der Waals surface area contributed by atoms with Gasteiger partial charge in [-0.3, -0.25) is 4.79 Å².